The Labute approximate surface area is 117 Å². The second-order valence-corrected chi connectivity index (χ2v) is 4.49. The van der Waals surface area contributed by atoms with Crippen LogP contribution in [0.3, 0.4) is 0 Å². The van der Waals surface area contributed by atoms with Crippen LogP contribution in [0.2, 0.25) is 5.02 Å². The molecule has 2 rings (SSSR count). The van der Waals surface area contributed by atoms with Crippen molar-refractivity contribution in [3.63, 3.8) is 0 Å². The van der Waals surface area contributed by atoms with Crippen molar-refractivity contribution in [3.05, 3.63) is 29.3 Å². The molecule has 0 aromatic heterocycles. The molecule has 1 amide bonds. The Morgan fingerprint density at radius 2 is 2.06 bits per heavy atom. The smallest absolute Gasteiger partial charge is 0.253 e. The summed E-state index contributed by atoms with van der Waals surface area (Å²) in [6.07, 6.45) is 1.19. The van der Waals surface area contributed by atoms with Gasteiger partial charge in [-0.1, -0.05) is 11.6 Å². The minimum Gasteiger partial charge on any atom is -0.364 e. The first-order chi connectivity index (χ1) is 8.19. The number of halogens is 2. The van der Waals surface area contributed by atoms with Crippen LogP contribution in [0, 0.1) is 0 Å². The zero-order chi connectivity index (χ0) is 12.3. The van der Waals surface area contributed by atoms with Gasteiger partial charge in [0.15, 0.2) is 0 Å². The summed E-state index contributed by atoms with van der Waals surface area (Å²) in [6.45, 7) is 0.463. The molecule has 1 aliphatic heterocycles. The topological polar surface area (TPSA) is 64.4 Å². The van der Waals surface area contributed by atoms with Gasteiger partial charge in [0, 0.05) is 17.3 Å². The van der Waals surface area contributed by atoms with Gasteiger partial charge in [0.25, 0.3) is 5.91 Å². The number of hydrogen-bond donors (Lipinski definition) is 2. The maximum absolute atomic E-state index is 11.9. The lowest BCUT2D eigenvalue weighted by Crippen LogP contribution is -2.29. The van der Waals surface area contributed by atoms with Gasteiger partial charge in [0.1, 0.15) is 6.10 Å². The number of amides is 1. The van der Waals surface area contributed by atoms with E-state index in [9.17, 15) is 4.79 Å². The summed E-state index contributed by atoms with van der Waals surface area (Å²) in [5, 5.41) is 3.43. The van der Waals surface area contributed by atoms with Crippen molar-refractivity contribution in [2.75, 3.05) is 11.9 Å². The van der Waals surface area contributed by atoms with E-state index in [1.165, 1.54) is 0 Å². The summed E-state index contributed by atoms with van der Waals surface area (Å²) in [7, 11) is 0. The molecule has 6 heteroatoms. The molecule has 0 bridgehead atoms. The second-order valence-electron chi connectivity index (χ2n) is 4.06. The molecule has 4 nitrogen and oxygen atoms in total. The van der Waals surface area contributed by atoms with Gasteiger partial charge in [-0.15, -0.1) is 12.4 Å². The number of carbonyl (C=O) groups excluding carboxylic acids is 1. The Bertz CT molecular complexity index is 398. The molecule has 2 atom stereocenters. The fourth-order valence-electron chi connectivity index (χ4n) is 1.83. The van der Waals surface area contributed by atoms with E-state index >= 15 is 0 Å². The van der Waals surface area contributed by atoms with Crippen LogP contribution in [0.5, 0.6) is 0 Å². The maximum atomic E-state index is 11.9. The summed E-state index contributed by atoms with van der Waals surface area (Å²) >= 11 is 5.76. The van der Waals surface area contributed by atoms with Crippen molar-refractivity contribution >= 4 is 35.6 Å². The fourth-order valence-corrected chi connectivity index (χ4v) is 1.95. The molecular weight excluding hydrogens is 275 g/mol. The van der Waals surface area contributed by atoms with Crippen LogP contribution in [-0.4, -0.2) is 24.7 Å². The SMILES string of the molecule is Cl.NC[C@H]1CC[C@@H](C(=O)Nc2ccc(Cl)cc2)O1. The Balaban J connectivity index is 0.00000162. The predicted molar refractivity (Wildman–Crippen MR) is 74.3 cm³/mol. The normalized spacial score (nSPS) is 22.3. The molecular formula is C12H16Cl2N2O2. The van der Waals surface area contributed by atoms with Crippen molar-refractivity contribution in [1.82, 2.24) is 0 Å². The molecule has 0 saturated carbocycles. The fraction of sp³-hybridized carbons (Fsp3) is 0.417. The minimum absolute atomic E-state index is 0. The molecule has 0 radical (unpaired) electrons. The van der Waals surface area contributed by atoms with E-state index in [2.05, 4.69) is 5.32 Å². The van der Waals surface area contributed by atoms with Gasteiger partial charge < -0.3 is 15.8 Å². The van der Waals surface area contributed by atoms with Gasteiger partial charge in [0.05, 0.1) is 6.10 Å². The van der Waals surface area contributed by atoms with Gasteiger partial charge >= 0.3 is 0 Å². The number of anilines is 1. The van der Waals surface area contributed by atoms with Crippen molar-refractivity contribution in [2.24, 2.45) is 5.73 Å². The zero-order valence-corrected chi connectivity index (χ0v) is 11.3. The third-order valence-electron chi connectivity index (χ3n) is 2.77. The highest BCUT2D eigenvalue weighted by Gasteiger charge is 2.29. The quantitative estimate of drug-likeness (QED) is 0.897. The summed E-state index contributed by atoms with van der Waals surface area (Å²) in [6, 6.07) is 6.98. The van der Waals surface area contributed by atoms with Gasteiger partial charge in [-0.05, 0) is 37.1 Å². The molecule has 1 fully saturated rings. The van der Waals surface area contributed by atoms with Crippen LogP contribution in [0.4, 0.5) is 5.69 Å². The Morgan fingerprint density at radius 3 is 2.61 bits per heavy atom. The predicted octanol–water partition coefficient (Wildman–Crippen LogP) is 2.21. The largest absolute Gasteiger partial charge is 0.364 e. The highest BCUT2D eigenvalue weighted by Crippen LogP contribution is 2.21. The van der Waals surface area contributed by atoms with Gasteiger partial charge in [0.2, 0.25) is 0 Å². The second kappa shape index (κ2) is 6.95. The molecule has 1 saturated heterocycles. The van der Waals surface area contributed by atoms with Crippen LogP contribution in [-0.2, 0) is 9.53 Å². The van der Waals surface area contributed by atoms with E-state index in [1.807, 2.05) is 0 Å². The van der Waals surface area contributed by atoms with Crippen LogP contribution >= 0.6 is 24.0 Å². The lowest BCUT2D eigenvalue weighted by molar-refractivity contribution is -0.126. The average molecular weight is 291 g/mol. The van der Waals surface area contributed by atoms with E-state index < -0.39 is 0 Å². The number of nitrogens with one attached hydrogen (secondary N) is 1. The molecule has 0 spiro atoms. The number of ether oxygens (including phenoxy) is 1. The minimum atomic E-state index is -0.390. The summed E-state index contributed by atoms with van der Waals surface area (Å²) in [5.74, 6) is -0.122. The number of carbonyl (C=O) groups is 1. The maximum Gasteiger partial charge on any atom is 0.253 e. The summed E-state index contributed by atoms with van der Waals surface area (Å²) in [4.78, 5) is 11.9. The first-order valence-corrected chi connectivity index (χ1v) is 5.99. The molecule has 1 aromatic rings. The molecule has 1 aromatic carbocycles. The summed E-state index contributed by atoms with van der Waals surface area (Å²) < 4.78 is 5.51. The lowest BCUT2D eigenvalue weighted by Gasteiger charge is -2.12. The van der Waals surface area contributed by atoms with Crippen molar-refractivity contribution in [3.8, 4) is 0 Å². The van der Waals surface area contributed by atoms with Crippen LogP contribution in [0.1, 0.15) is 12.8 Å². The molecule has 0 unspecified atom stereocenters. The number of rotatable bonds is 3. The van der Waals surface area contributed by atoms with Gasteiger partial charge in [-0.25, -0.2) is 0 Å². The molecule has 1 heterocycles. The van der Waals surface area contributed by atoms with Gasteiger partial charge in [-0.3, -0.25) is 4.79 Å². The van der Waals surface area contributed by atoms with Crippen molar-refractivity contribution in [1.29, 1.82) is 0 Å². The van der Waals surface area contributed by atoms with E-state index in [4.69, 9.17) is 22.1 Å². The number of hydrogen-bond acceptors (Lipinski definition) is 3. The average Bonchev–Trinajstić information content (AvgIpc) is 2.81. The van der Waals surface area contributed by atoms with E-state index in [-0.39, 0.29) is 30.5 Å². The van der Waals surface area contributed by atoms with E-state index in [0.717, 1.165) is 18.5 Å². The third-order valence-corrected chi connectivity index (χ3v) is 3.03. The molecule has 1 aliphatic rings. The van der Waals surface area contributed by atoms with Crippen LogP contribution in [0.15, 0.2) is 24.3 Å². The molecule has 0 aliphatic carbocycles. The highest BCUT2D eigenvalue weighted by molar-refractivity contribution is 6.30. The monoisotopic (exact) mass is 290 g/mol. The van der Waals surface area contributed by atoms with Crippen LogP contribution in [0.25, 0.3) is 0 Å². The first kappa shape index (κ1) is 15.2. The van der Waals surface area contributed by atoms with Crippen molar-refractivity contribution < 1.29 is 9.53 Å². The third kappa shape index (κ3) is 3.85. The Morgan fingerprint density at radius 1 is 1.39 bits per heavy atom. The van der Waals surface area contributed by atoms with E-state index in [1.54, 1.807) is 24.3 Å². The standard InChI is InChI=1S/C12H15ClN2O2.ClH/c13-8-1-3-9(4-2-8)15-12(16)11-6-5-10(7-14)17-11;/h1-4,10-11H,5-7,14H2,(H,15,16);1H/t10-,11+;/m1./s1. The molecule has 100 valence electrons. The number of benzene rings is 1. The summed E-state index contributed by atoms with van der Waals surface area (Å²) in [5.41, 5.74) is 6.22. The van der Waals surface area contributed by atoms with Gasteiger partial charge in [-0.2, -0.15) is 0 Å². The zero-order valence-electron chi connectivity index (χ0n) is 9.77. The highest BCUT2D eigenvalue weighted by atomic mass is 35.5. The Hall–Kier alpha value is -0.810. The first-order valence-electron chi connectivity index (χ1n) is 5.61. The Kier molecular flexibility index (Phi) is 5.88. The lowest BCUT2D eigenvalue weighted by atomic mass is 10.2. The molecule has 3 N–H and O–H groups in total. The molecule has 18 heavy (non-hydrogen) atoms. The van der Waals surface area contributed by atoms with Crippen molar-refractivity contribution in [2.45, 2.75) is 25.0 Å². The van der Waals surface area contributed by atoms with Crippen LogP contribution < -0.4 is 11.1 Å². The number of nitrogens with two attached hydrogens (primary N) is 1. The van der Waals surface area contributed by atoms with E-state index in [0.29, 0.717) is 11.6 Å².